The Morgan fingerprint density at radius 3 is 2.35 bits per heavy atom. The van der Waals surface area contributed by atoms with E-state index in [9.17, 15) is 26.4 Å². The number of amides is 2. The van der Waals surface area contributed by atoms with Gasteiger partial charge in [0.15, 0.2) is 0 Å². The molecule has 2 aromatic carbocycles. The van der Waals surface area contributed by atoms with Gasteiger partial charge in [-0.1, -0.05) is 25.3 Å². The minimum Gasteiger partial charge on any atom is -0.497 e. The fraction of sp³-hybridized carbons (Fsp3) is 0.543. The molecule has 3 aliphatic heterocycles. The number of hydrogen-bond donors (Lipinski definition) is 1. The van der Waals surface area contributed by atoms with Crippen LogP contribution < -0.4 is 9.46 Å². The summed E-state index contributed by atoms with van der Waals surface area (Å²) in [5.74, 6) is 0.308. The molecule has 3 aromatic rings. The molecule has 14 heteroatoms. The van der Waals surface area contributed by atoms with E-state index < -0.39 is 31.6 Å². The van der Waals surface area contributed by atoms with Gasteiger partial charge in [0, 0.05) is 73.8 Å². The number of nitrogens with one attached hydrogen (secondary N) is 1. The number of aromatic nitrogens is 1. The number of rotatable bonds is 7. The molecule has 2 bridgehead atoms. The zero-order valence-electron chi connectivity index (χ0n) is 28.3. The number of piperidine rings is 1. The Kier molecular flexibility index (Phi) is 7.53. The van der Waals surface area contributed by atoms with Crippen LogP contribution in [-0.2, 0) is 31.6 Å². The summed E-state index contributed by atoms with van der Waals surface area (Å²) >= 11 is 0. The molecule has 2 saturated heterocycles. The van der Waals surface area contributed by atoms with E-state index in [1.165, 1.54) is 36.6 Å². The number of methoxy groups -OCH3 is 1. The second-order valence-electron chi connectivity index (χ2n) is 14.8. The first-order chi connectivity index (χ1) is 23.2. The molecule has 2 saturated carbocycles. The second kappa shape index (κ2) is 11.3. The lowest BCUT2D eigenvalue weighted by molar-refractivity contribution is -0.157. The standard InChI is InChI=1S/C35H43N5O7S2/c1-37(2)49(45,46)36-33(41)22-10-12-27-30(14-22)39-20-35(34(42)40-23-15-24(40)19-38(18-23)48(4,43)44)17-29(35)28-16-25(47-3)11-13-26(28)32(39)31(27)21-8-6-5-7-9-21/h10-14,16,21,23-24,29H,5-9,15,17-20H2,1-4H3,(H,36,41)/t23-,24+,29-,35-/m0/s1. The Morgan fingerprint density at radius 1 is 0.980 bits per heavy atom. The lowest BCUT2D eigenvalue weighted by Crippen LogP contribution is -2.71. The fourth-order valence-electron chi connectivity index (χ4n) is 9.12. The number of fused-ring (bicyclic) bond motifs is 9. The lowest BCUT2D eigenvalue weighted by Gasteiger charge is -2.56. The first kappa shape index (κ1) is 32.7. The van der Waals surface area contributed by atoms with Crippen molar-refractivity contribution in [2.45, 2.75) is 75.4 Å². The average molecular weight is 710 g/mol. The van der Waals surface area contributed by atoms with Crippen molar-refractivity contribution < 1.29 is 31.2 Å². The summed E-state index contributed by atoms with van der Waals surface area (Å²) in [5, 5.41) is 1.02. The van der Waals surface area contributed by atoms with Crippen molar-refractivity contribution in [3.05, 3.63) is 53.1 Å². The van der Waals surface area contributed by atoms with Crippen molar-refractivity contribution in [1.29, 1.82) is 0 Å². The first-order valence-corrected chi connectivity index (χ1v) is 20.4. The van der Waals surface area contributed by atoms with Crippen LogP contribution in [0.15, 0.2) is 36.4 Å². The number of piperazine rings is 1. The minimum atomic E-state index is -4.01. The number of carbonyl (C=O) groups excluding carboxylic acids is 2. The predicted molar refractivity (Wildman–Crippen MR) is 185 cm³/mol. The monoisotopic (exact) mass is 709 g/mol. The molecule has 4 fully saturated rings. The number of ether oxygens (including phenoxy) is 1. The summed E-state index contributed by atoms with van der Waals surface area (Å²) in [6, 6.07) is 11.2. The molecule has 1 N–H and O–H groups in total. The molecule has 0 radical (unpaired) electrons. The van der Waals surface area contributed by atoms with Crippen molar-refractivity contribution in [3.63, 3.8) is 0 Å². The van der Waals surface area contributed by atoms with E-state index in [0.717, 1.165) is 69.9 Å². The van der Waals surface area contributed by atoms with E-state index in [2.05, 4.69) is 21.4 Å². The van der Waals surface area contributed by atoms with Crippen molar-refractivity contribution in [2.75, 3.05) is 40.6 Å². The van der Waals surface area contributed by atoms with Crippen LogP contribution in [0.1, 0.15) is 78.3 Å². The summed E-state index contributed by atoms with van der Waals surface area (Å²) in [5.41, 5.74) is 4.69. The van der Waals surface area contributed by atoms with E-state index in [-0.39, 0.29) is 29.5 Å². The van der Waals surface area contributed by atoms with E-state index in [1.807, 2.05) is 17.0 Å². The van der Waals surface area contributed by atoms with Crippen molar-refractivity contribution in [3.8, 4) is 17.0 Å². The van der Waals surface area contributed by atoms with Gasteiger partial charge in [0.2, 0.25) is 15.9 Å². The summed E-state index contributed by atoms with van der Waals surface area (Å²) in [7, 11) is -2.99. The van der Waals surface area contributed by atoms with E-state index in [0.29, 0.717) is 32.0 Å². The van der Waals surface area contributed by atoms with Crippen LogP contribution in [-0.4, -0.2) is 99.4 Å². The van der Waals surface area contributed by atoms with Gasteiger partial charge in [-0.3, -0.25) is 9.59 Å². The van der Waals surface area contributed by atoms with Crippen molar-refractivity contribution in [2.24, 2.45) is 5.41 Å². The Labute approximate surface area is 287 Å². The molecule has 49 heavy (non-hydrogen) atoms. The molecule has 1 aromatic heterocycles. The Bertz CT molecular complexity index is 2110. The highest BCUT2D eigenvalue weighted by molar-refractivity contribution is 7.88. The summed E-state index contributed by atoms with van der Waals surface area (Å²) in [6.45, 7) is 1.02. The number of nitrogens with zero attached hydrogens (tertiary/aromatic N) is 4. The molecule has 12 nitrogen and oxygen atoms in total. The average Bonchev–Trinajstić information content (AvgIpc) is 3.74. The molecule has 2 aliphatic carbocycles. The van der Waals surface area contributed by atoms with Crippen LogP contribution >= 0.6 is 0 Å². The predicted octanol–water partition coefficient (Wildman–Crippen LogP) is 3.63. The molecule has 0 spiro atoms. The quantitative estimate of drug-likeness (QED) is 0.396. The minimum absolute atomic E-state index is 0.0525. The molecule has 8 rings (SSSR count). The Morgan fingerprint density at radius 2 is 1.69 bits per heavy atom. The summed E-state index contributed by atoms with van der Waals surface area (Å²) in [4.78, 5) is 30.2. The van der Waals surface area contributed by atoms with Gasteiger partial charge in [0.25, 0.3) is 5.91 Å². The van der Waals surface area contributed by atoms with Crippen LogP contribution in [0.5, 0.6) is 5.75 Å². The maximum absolute atomic E-state index is 14.9. The number of benzene rings is 2. The van der Waals surface area contributed by atoms with Crippen LogP contribution in [0.2, 0.25) is 0 Å². The molecule has 0 unspecified atom stereocenters. The highest BCUT2D eigenvalue weighted by atomic mass is 32.2. The van der Waals surface area contributed by atoms with E-state index in [1.54, 1.807) is 19.2 Å². The van der Waals surface area contributed by atoms with Gasteiger partial charge < -0.3 is 14.2 Å². The number of sulfonamides is 1. The third-order valence-corrected chi connectivity index (χ3v) is 14.4. The van der Waals surface area contributed by atoms with Crippen LogP contribution in [0.25, 0.3) is 22.2 Å². The van der Waals surface area contributed by atoms with E-state index >= 15 is 0 Å². The smallest absolute Gasteiger partial charge is 0.303 e. The largest absolute Gasteiger partial charge is 0.497 e. The Hall–Kier alpha value is -3.46. The second-order valence-corrected chi connectivity index (χ2v) is 18.7. The van der Waals surface area contributed by atoms with Crippen molar-refractivity contribution >= 4 is 42.9 Å². The van der Waals surface area contributed by atoms with Gasteiger partial charge >= 0.3 is 10.2 Å². The molecule has 4 atom stereocenters. The molecular formula is C35H43N5O7S2. The number of carbonyl (C=O) groups is 2. The molecule has 4 heterocycles. The molecule has 5 aliphatic rings. The highest BCUT2D eigenvalue weighted by Crippen LogP contribution is 2.67. The first-order valence-electron chi connectivity index (χ1n) is 17.1. The normalized spacial score (nSPS) is 26.7. The number of hydrogen-bond acceptors (Lipinski definition) is 7. The summed E-state index contributed by atoms with van der Waals surface area (Å²) in [6.07, 6.45) is 8.20. The van der Waals surface area contributed by atoms with Crippen molar-refractivity contribution in [1.82, 2.24) is 22.8 Å². The van der Waals surface area contributed by atoms with Gasteiger partial charge in [0.05, 0.1) is 24.5 Å². The molecular weight excluding hydrogens is 667 g/mol. The SMILES string of the molecule is COc1ccc2c(c1)[C@@H]1C[C@]1(C(=O)N1[C@@H]3C[C@H]1CN(S(C)(=O)=O)C3)Cn1c-2c(C2CCCCC2)c2ccc(C(=O)NS(=O)(=O)N(C)C)cc21. The molecule has 2 amide bonds. The van der Waals surface area contributed by atoms with Gasteiger partial charge in [-0.2, -0.15) is 17.0 Å². The van der Waals surface area contributed by atoms with Gasteiger partial charge in [-0.05, 0) is 73.1 Å². The van der Waals surface area contributed by atoms with Gasteiger partial charge in [0.1, 0.15) is 5.75 Å². The van der Waals surface area contributed by atoms with Crippen LogP contribution in [0, 0.1) is 5.41 Å². The van der Waals surface area contributed by atoms with Gasteiger partial charge in [-0.15, -0.1) is 0 Å². The van der Waals surface area contributed by atoms with Crippen LogP contribution in [0.3, 0.4) is 0 Å². The zero-order valence-corrected chi connectivity index (χ0v) is 29.9. The maximum atomic E-state index is 14.9. The highest BCUT2D eigenvalue weighted by Gasteiger charge is 2.66. The number of likely N-dealkylation sites (tertiary alicyclic amines) is 1. The third kappa shape index (κ3) is 5.11. The van der Waals surface area contributed by atoms with Crippen LogP contribution in [0.4, 0.5) is 0 Å². The summed E-state index contributed by atoms with van der Waals surface area (Å²) < 4.78 is 62.4. The third-order valence-electron chi connectivity index (χ3n) is 11.8. The Balaban J connectivity index is 1.29. The fourth-order valence-corrected chi connectivity index (χ4v) is 10.5. The van der Waals surface area contributed by atoms with Gasteiger partial charge in [-0.25, -0.2) is 13.1 Å². The molecule has 262 valence electrons. The van der Waals surface area contributed by atoms with E-state index in [4.69, 9.17) is 4.74 Å². The maximum Gasteiger partial charge on any atom is 0.303 e. The zero-order chi connectivity index (χ0) is 34.6. The topological polar surface area (TPSA) is 138 Å². The lowest BCUT2D eigenvalue weighted by atomic mass is 9.81.